The Labute approximate surface area is 247 Å². The Kier molecular flexibility index (Phi) is 27.8. The maximum atomic E-state index is 12.4. The summed E-state index contributed by atoms with van der Waals surface area (Å²) in [5.41, 5.74) is 11.8. The van der Waals surface area contributed by atoms with Crippen LogP contribution in [0.4, 0.5) is 5.69 Å². The number of nitrogens with two attached hydrogens (primary N) is 1. The zero-order chi connectivity index (χ0) is 31.5. The van der Waals surface area contributed by atoms with Gasteiger partial charge in [0, 0.05) is 24.1 Å². The van der Waals surface area contributed by atoms with Gasteiger partial charge in [-0.3, -0.25) is 4.79 Å². The van der Waals surface area contributed by atoms with Gasteiger partial charge in [0.05, 0.1) is 6.42 Å². The molecule has 0 radical (unpaired) electrons. The summed E-state index contributed by atoms with van der Waals surface area (Å²) in [5.74, 6) is 2.43. The fourth-order valence-corrected chi connectivity index (χ4v) is 3.48. The van der Waals surface area contributed by atoms with Crippen molar-refractivity contribution in [1.29, 1.82) is 0 Å². The first-order chi connectivity index (χ1) is 19.1. The zero-order valence-electron chi connectivity index (χ0n) is 27.4. The monoisotopic (exact) mass is 550 g/mol. The molecule has 0 aliphatic rings. The second kappa shape index (κ2) is 27.1. The maximum absolute atomic E-state index is 12.4. The largest absolute Gasteiger partial charge is 0.399 e. The highest BCUT2D eigenvalue weighted by molar-refractivity contribution is 5.83. The fourth-order valence-electron chi connectivity index (χ4n) is 3.48. The lowest BCUT2D eigenvalue weighted by molar-refractivity contribution is -0.119. The van der Waals surface area contributed by atoms with Gasteiger partial charge in [0.15, 0.2) is 0 Å². The van der Waals surface area contributed by atoms with Crippen LogP contribution in [0.2, 0.25) is 0 Å². The predicted molar refractivity (Wildman–Crippen MR) is 182 cm³/mol. The fraction of sp³-hybridized carbons (Fsp3) is 0.457. The quantitative estimate of drug-likeness (QED) is 0.180. The number of anilines is 1. The molecule has 1 aromatic rings. The van der Waals surface area contributed by atoms with E-state index in [4.69, 9.17) is 12.2 Å². The van der Waals surface area contributed by atoms with E-state index in [1.54, 1.807) is 12.2 Å². The number of nitrogens with zero attached hydrogens (tertiary/aromatic N) is 1. The van der Waals surface area contributed by atoms with Crippen LogP contribution < -0.4 is 16.4 Å². The Morgan fingerprint density at radius 3 is 2.15 bits per heavy atom. The van der Waals surface area contributed by atoms with Crippen molar-refractivity contribution in [2.45, 2.75) is 81.6 Å². The van der Waals surface area contributed by atoms with Gasteiger partial charge in [-0.15, -0.1) is 6.42 Å². The van der Waals surface area contributed by atoms with Gasteiger partial charge in [-0.25, -0.2) is 0 Å². The topological polar surface area (TPSA) is 70.4 Å². The van der Waals surface area contributed by atoms with E-state index in [1.165, 1.54) is 25.9 Å². The minimum Gasteiger partial charge on any atom is -0.399 e. The number of nitrogens with one attached hydrogen (secondary N) is 2. The van der Waals surface area contributed by atoms with E-state index in [9.17, 15) is 4.79 Å². The molecule has 5 nitrogen and oxygen atoms in total. The zero-order valence-corrected chi connectivity index (χ0v) is 27.4. The highest BCUT2D eigenvalue weighted by Crippen LogP contribution is 2.22. The van der Waals surface area contributed by atoms with Crippen molar-refractivity contribution < 1.29 is 4.79 Å². The molecule has 0 heterocycles. The van der Waals surface area contributed by atoms with Crippen LogP contribution in [0.15, 0.2) is 65.9 Å². The molecule has 4 N–H and O–H groups in total. The van der Waals surface area contributed by atoms with E-state index >= 15 is 0 Å². The molecule has 0 atom stereocenters. The van der Waals surface area contributed by atoms with Crippen LogP contribution in [0, 0.1) is 12.3 Å². The second-order valence-electron chi connectivity index (χ2n) is 8.60. The third-order valence-corrected chi connectivity index (χ3v) is 5.21. The van der Waals surface area contributed by atoms with Crippen molar-refractivity contribution in [3.05, 3.63) is 77.1 Å². The predicted octanol–water partition coefficient (Wildman–Crippen LogP) is 8.40. The number of hydrogen-bond acceptors (Lipinski definition) is 4. The third-order valence-electron chi connectivity index (χ3n) is 5.21. The number of allylic oxidation sites excluding steroid dienone is 6. The van der Waals surface area contributed by atoms with Crippen molar-refractivity contribution in [1.82, 2.24) is 10.2 Å². The first kappa shape index (κ1) is 41.0. The van der Waals surface area contributed by atoms with E-state index < -0.39 is 0 Å². The van der Waals surface area contributed by atoms with E-state index in [0.717, 1.165) is 33.7 Å². The van der Waals surface area contributed by atoms with Crippen molar-refractivity contribution in [3.63, 3.8) is 0 Å². The summed E-state index contributed by atoms with van der Waals surface area (Å²) in [6.45, 7) is 24.2. The van der Waals surface area contributed by atoms with Gasteiger partial charge in [0.25, 0.3) is 0 Å². The summed E-state index contributed by atoms with van der Waals surface area (Å²) in [6.07, 6.45) is 17.1. The van der Waals surface area contributed by atoms with Gasteiger partial charge in [-0.1, -0.05) is 78.3 Å². The van der Waals surface area contributed by atoms with E-state index in [-0.39, 0.29) is 12.3 Å². The Balaban J connectivity index is -0.000000964. The minimum atomic E-state index is -0.127. The molecular formula is C35H58N4O. The van der Waals surface area contributed by atoms with Gasteiger partial charge >= 0.3 is 0 Å². The smallest absolute Gasteiger partial charge is 0.228 e. The van der Waals surface area contributed by atoms with Crippen LogP contribution in [0.5, 0.6) is 0 Å². The van der Waals surface area contributed by atoms with Gasteiger partial charge in [-0.2, -0.15) is 0 Å². The van der Waals surface area contributed by atoms with E-state index in [0.29, 0.717) is 5.70 Å². The molecule has 0 spiro atoms. The summed E-state index contributed by atoms with van der Waals surface area (Å²) >= 11 is 0. The summed E-state index contributed by atoms with van der Waals surface area (Å²) in [4.78, 5) is 14.8. The number of terminal acetylenes is 1. The van der Waals surface area contributed by atoms with E-state index in [2.05, 4.69) is 48.9 Å². The third kappa shape index (κ3) is 19.6. The second-order valence-corrected chi connectivity index (χ2v) is 8.60. The Morgan fingerprint density at radius 2 is 1.70 bits per heavy atom. The Bertz CT molecular complexity index is 1000. The van der Waals surface area contributed by atoms with Crippen LogP contribution >= 0.6 is 0 Å². The van der Waals surface area contributed by atoms with Crippen LogP contribution in [0.25, 0.3) is 11.8 Å². The van der Waals surface area contributed by atoms with Crippen molar-refractivity contribution >= 4 is 23.4 Å². The molecule has 0 saturated heterocycles. The van der Waals surface area contributed by atoms with Gasteiger partial charge < -0.3 is 21.3 Å². The summed E-state index contributed by atoms with van der Waals surface area (Å²) in [5, 5.41) is 6.07. The van der Waals surface area contributed by atoms with Crippen molar-refractivity contribution in [2.75, 3.05) is 32.5 Å². The van der Waals surface area contributed by atoms with Gasteiger partial charge in [0.1, 0.15) is 0 Å². The molecular weight excluding hydrogens is 492 g/mol. The molecule has 40 heavy (non-hydrogen) atoms. The SMILES string of the molecule is C#C/C(C)=C\C(=C/C=C)CC(=O)N/C(C)=C/c1cc(/C(N)=C/C)ccc1NC.CC.CC.CCCN(C)CCC. The molecule has 0 aliphatic heterocycles. The number of carbonyl (C=O) groups is 1. The summed E-state index contributed by atoms with van der Waals surface area (Å²) in [6, 6.07) is 5.91. The molecule has 224 valence electrons. The molecule has 1 rings (SSSR count). The maximum Gasteiger partial charge on any atom is 0.228 e. The molecule has 0 aliphatic carbocycles. The highest BCUT2D eigenvalue weighted by atomic mass is 16.1. The van der Waals surface area contributed by atoms with Crippen LogP contribution in [0.1, 0.15) is 92.7 Å². The lowest BCUT2D eigenvalue weighted by atomic mass is 10.0. The van der Waals surface area contributed by atoms with Crippen molar-refractivity contribution in [3.8, 4) is 12.3 Å². The molecule has 0 saturated carbocycles. The number of amides is 1. The van der Waals surface area contributed by atoms with Gasteiger partial charge in [0.2, 0.25) is 5.91 Å². The molecule has 1 aromatic carbocycles. The normalized spacial score (nSPS) is 11.5. The van der Waals surface area contributed by atoms with Gasteiger partial charge in [-0.05, 0) is 100 Å². The molecule has 5 heteroatoms. The molecule has 1 amide bonds. The molecule has 0 fully saturated rings. The average molecular weight is 551 g/mol. The minimum absolute atomic E-state index is 0.127. The average Bonchev–Trinajstić information content (AvgIpc) is 2.95. The first-order valence-electron chi connectivity index (χ1n) is 14.5. The lowest BCUT2D eigenvalue weighted by Gasteiger charge is -2.12. The highest BCUT2D eigenvalue weighted by Gasteiger charge is 2.07. The molecule has 0 unspecified atom stereocenters. The molecule has 0 aromatic heterocycles. The number of benzene rings is 1. The summed E-state index contributed by atoms with van der Waals surface area (Å²) in [7, 11) is 4.03. The standard InChI is InChI=1S/C24H29N3O.C7H17N.2C2H6/c1-7-10-19(13-17(4)8-2)15-24(28)27-18(5)14-21-16-20(22(25)9-3)11-12-23(21)26-6;1-4-6-8(3)7-5-2;2*1-2/h2,7,9-14,16,26H,1,15,25H2,3-6H3,(H,27,28);4-7H2,1-3H3;2*1-2H3/b17-13-,18-14+,19-10+,22-9-;;;. The Morgan fingerprint density at radius 1 is 1.12 bits per heavy atom. The number of rotatable bonds is 12. The van der Waals surface area contributed by atoms with Crippen LogP contribution in [-0.2, 0) is 4.79 Å². The van der Waals surface area contributed by atoms with Crippen LogP contribution in [-0.4, -0.2) is 38.0 Å². The molecule has 0 bridgehead atoms. The summed E-state index contributed by atoms with van der Waals surface area (Å²) < 4.78 is 0. The number of hydrogen-bond donors (Lipinski definition) is 3. The van der Waals surface area contributed by atoms with E-state index in [1.807, 2.05) is 91.9 Å². The van der Waals surface area contributed by atoms with Crippen LogP contribution in [0.3, 0.4) is 0 Å². The first-order valence-corrected chi connectivity index (χ1v) is 14.5. The lowest BCUT2D eigenvalue weighted by Crippen LogP contribution is -2.21. The van der Waals surface area contributed by atoms with Crippen molar-refractivity contribution in [2.24, 2.45) is 5.73 Å². The number of carbonyl (C=O) groups excluding carboxylic acids is 1. The Hall–Kier alpha value is -3.49.